The van der Waals surface area contributed by atoms with Gasteiger partial charge in [0.15, 0.2) is 0 Å². The van der Waals surface area contributed by atoms with Crippen molar-refractivity contribution >= 4 is 17.7 Å². The number of amides is 3. The molecule has 3 unspecified atom stereocenters. The molecule has 0 aromatic heterocycles. The van der Waals surface area contributed by atoms with Crippen LogP contribution in [-0.2, 0) is 34.0 Å². The van der Waals surface area contributed by atoms with Gasteiger partial charge in [-0.1, -0.05) is 24.3 Å². The Kier molecular flexibility index (Phi) is 5.00. The molecule has 0 saturated carbocycles. The summed E-state index contributed by atoms with van der Waals surface area (Å²) in [6, 6.07) is 6.60. The van der Waals surface area contributed by atoms with E-state index in [4.69, 9.17) is 17.7 Å². The predicted molar refractivity (Wildman–Crippen MR) is 129 cm³/mol. The molecule has 3 aliphatic heterocycles. The van der Waals surface area contributed by atoms with Crippen LogP contribution in [0.2, 0.25) is 0 Å². The van der Waals surface area contributed by atoms with Crippen LogP contribution in [0.25, 0.3) is 0 Å². The number of halogens is 1. The second kappa shape index (κ2) is 9.99. The first kappa shape index (κ1) is 18.0. The Morgan fingerprint density at radius 2 is 1.83 bits per heavy atom. The van der Waals surface area contributed by atoms with Crippen LogP contribution in [0.4, 0.5) is 4.39 Å². The Hall–Kier alpha value is -3.30. The van der Waals surface area contributed by atoms with E-state index >= 15 is 4.39 Å². The number of carbonyl (C=O) groups excluding carboxylic acids is 3. The fourth-order valence-electron chi connectivity index (χ4n) is 4.70. The molecule has 190 valence electrons. The number of hydrogen-bond donors (Lipinski definition) is 1. The van der Waals surface area contributed by atoms with E-state index in [9.17, 15) is 14.4 Å². The fourth-order valence-corrected chi connectivity index (χ4v) is 4.70. The lowest BCUT2D eigenvalue weighted by Gasteiger charge is -2.35. The molecule has 0 radical (unpaired) electrons. The van der Waals surface area contributed by atoms with Crippen LogP contribution in [0.1, 0.15) is 61.9 Å². The van der Waals surface area contributed by atoms with E-state index in [0.29, 0.717) is 30.1 Å². The molecule has 1 N–H and O–H groups in total. The third-order valence-corrected chi connectivity index (χ3v) is 6.20. The van der Waals surface area contributed by atoms with E-state index < -0.39 is 48.8 Å². The standard InChI is InChI=1S/C27H30FN3O5/c1-16-11-30(12-17(2)36-16)13-18-5-3-6-19(25(18)28)15-35-23-8-4-7-20-21(23)14-31(27(20)34)22-9-10-24(32)29-26(22)33/h3-8,16-17,22H,9-15H2,1-2H3,(H,29,32,33)/i9D2,10D2,14D2. The molecule has 9 heteroatoms. The lowest BCUT2D eigenvalue weighted by Crippen LogP contribution is -2.52. The van der Waals surface area contributed by atoms with Crippen molar-refractivity contribution in [1.82, 2.24) is 15.1 Å². The maximum Gasteiger partial charge on any atom is 0.255 e. The molecule has 3 atom stereocenters. The third kappa shape index (κ3) is 4.85. The first-order valence-electron chi connectivity index (χ1n) is 14.7. The van der Waals surface area contributed by atoms with Gasteiger partial charge in [0, 0.05) is 53.7 Å². The molecule has 2 aromatic rings. The molecule has 0 bridgehead atoms. The zero-order valence-corrected chi connectivity index (χ0v) is 19.8. The summed E-state index contributed by atoms with van der Waals surface area (Å²) < 4.78 is 77.0. The average molecular weight is 502 g/mol. The van der Waals surface area contributed by atoms with Crippen LogP contribution in [0.5, 0.6) is 5.75 Å². The highest BCUT2D eigenvalue weighted by Gasteiger charge is 2.40. The Morgan fingerprint density at radius 3 is 2.61 bits per heavy atom. The Bertz CT molecular complexity index is 1450. The van der Waals surface area contributed by atoms with Crippen molar-refractivity contribution in [3.8, 4) is 5.75 Å². The van der Waals surface area contributed by atoms with E-state index in [-0.39, 0.29) is 41.3 Å². The highest BCUT2D eigenvalue weighted by Crippen LogP contribution is 2.34. The number of benzene rings is 2. The minimum atomic E-state index is -3.27. The number of nitrogens with zero attached hydrogens (tertiary/aromatic N) is 2. The van der Waals surface area contributed by atoms with Gasteiger partial charge < -0.3 is 14.4 Å². The highest BCUT2D eigenvalue weighted by atomic mass is 19.1. The molecule has 3 aliphatic rings. The molecule has 3 amide bonds. The summed E-state index contributed by atoms with van der Waals surface area (Å²) in [5.74, 6) is -4.59. The summed E-state index contributed by atoms with van der Waals surface area (Å²) in [6.07, 6.45) is -6.49. The lowest BCUT2D eigenvalue weighted by atomic mass is 10.0. The van der Waals surface area contributed by atoms with Crippen molar-refractivity contribution in [2.75, 3.05) is 13.1 Å². The summed E-state index contributed by atoms with van der Waals surface area (Å²) in [4.78, 5) is 40.6. The minimum absolute atomic E-state index is 0.00914. The predicted octanol–water partition coefficient (Wildman–Crippen LogP) is 2.77. The first-order chi connectivity index (χ1) is 19.6. The molecule has 8 nitrogen and oxygen atoms in total. The van der Waals surface area contributed by atoms with Crippen molar-refractivity contribution in [2.24, 2.45) is 0 Å². The van der Waals surface area contributed by atoms with Crippen LogP contribution in [0, 0.1) is 5.82 Å². The van der Waals surface area contributed by atoms with Gasteiger partial charge in [0.05, 0.1) is 21.4 Å². The van der Waals surface area contributed by atoms with Crippen LogP contribution in [0.15, 0.2) is 36.4 Å². The fraction of sp³-hybridized carbons (Fsp3) is 0.444. The number of fused-ring (bicyclic) bond motifs is 1. The summed E-state index contributed by atoms with van der Waals surface area (Å²) in [5, 5.41) is 1.71. The van der Waals surface area contributed by atoms with E-state index in [1.807, 2.05) is 13.8 Å². The molecule has 36 heavy (non-hydrogen) atoms. The van der Waals surface area contributed by atoms with Crippen LogP contribution >= 0.6 is 0 Å². The number of piperidine rings is 1. The third-order valence-electron chi connectivity index (χ3n) is 6.20. The Labute approximate surface area is 217 Å². The zero-order valence-electron chi connectivity index (χ0n) is 25.8. The van der Waals surface area contributed by atoms with Gasteiger partial charge in [-0.05, 0) is 32.4 Å². The number of morpholine rings is 1. The molecule has 3 heterocycles. The molecule has 2 saturated heterocycles. The maximum atomic E-state index is 15.5. The normalized spacial score (nSPS) is 31.2. The monoisotopic (exact) mass is 501 g/mol. The second-order valence-electron chi connectivity index (χ2n) is 9.09. The van der Waals surface area contributed by atoms with Crippen LogP contribution in [0.3, 0.4) is 0 Å². The summed E-state index contributed by atoms with van der Waals surface area (Å²) >= 11 is 0. The SMILES string of the molecule is [2H]C1([2H])c2c(OCc3cccc(CN4CC(C)OC(C)C4)c3F)cccc2C(=O)N1C1C(=O)NC(=O)C([2H])([2H])C1([2H])[2H]. The Balaban J connectivity index is 1.41. The van der Waals surface area contributed by atoms with Crippen molar-refractivity contribution in [3.63, 3.8) is 0 Å². The topological polar surface area (TPSA) is 88.2 Å². The maximum absolute atomic E-state index is 15.5. The number of hydrogen-bond acceptors (Lipinski definition) is 6. The number of nitrogens with one attached hydrogen (secondary N) is 1. The number of ether oxygens (including phenoxy) is 2. The van der Waals surface area contributed by atoms with Gasteiger partial charge in [0.1, 0.15) is 24.2 Å². The molecular formula is C27H30FN3O5. The van der Waals surface area contributed by atoms with Crippen LogP contribution in [-0.4, -0.2) is 58.9 Å². The van der Waals surface area contributed by atoms with Crippen molar-refractivity contribution in [2.45, 2.75) is 64.5 Å². The summed E-state index contributed by atoms with van der Waals surface area (Å²) in [6.45, 7) is 2.38. The van der Waals surface area contributed by atoms with E-state index in [0.717, 1.165) is 0 Å². The first-order valence-corrected chi connectivity index (χ1v) is 11.7. The van der Waals surface area contributed by atoms with Crippen molar-refractivity contribution in [3.05, 3.63) is 64.5 Å². The van der Waals surface area contributed by atoms with Gasteiger partial charge in [-0.15, -0.1) is 0 Å². The molecular weight excluding hydrogens is 465 g/mol. The smallest absolute Gasteiger partial charge is 0.255 e. The zero-order chi connectivity index (χ0) is 30.8. The van der Waals surface area contributed by atoms with Gasteiger partial charge >= 0.3 is 0 Å². The number of rotatable bonds is 6. The van der Waals surface area contributed by atoms with Gasteiger partial charge in [0.25, 0.3) is 5.91 Å². The molecule has 0 aliphatic carbocycles. The Morgan fingerprint density at radius 1 is 1.11 bits per heavy atom. The second-order valence-corrected chi connectivity index (χ2v) is 9.09. The molecule has 2 fully saturated rings. The largest absolute Gasteiger partial charge is 0.488 e. The molecule has 0 spiro atoms. The van der Waals surface area contributed by atoms with Gasteiger partial charge in [-0.3, -0.25) is 24.6 Å². The molecule has 2 aromatic carbocycles. The van der Waals surface area contributed by atoms with E-state index in [1.54, 1.807) is 17.4 Å². The van der Waals surface area contributed by atoms with Gasteiger partial charge in [-0.2, -0.15) is 0 Å². The molecule has 5 rings (SSSR count). The quantitative estimate of drug-likeness (QED) is 0.613. The van der Waals surface area contributed by atoms with Gasteiger partial charge in [0.2, 0.25) is 11.8 Å². The van der Waals surface area contributed by atoms with Crippen LogP contribution < -0.4 is 10.1 Å². The summed E-state index contributed by atoms with van der Waals surface area (Å²) in [5.41, 5.74) is 0.0879. The minimum Gasteiger partial charge on any atom is -0.488 e. The van der Waals surface area contributed by atoms with Crippen molar-refractivity contribution in [1.29, 1.82) is 0 Å². The lowest BCUT2D eigenvalue weighted by molar-refractivity contribution is -0.136. The summed E-state index contributed by atoms with van der Waals surface area (Å²) in [7, 11) is 0. The van der Waals surface area contributed by atoms with E-state index in [2.05, 4.69) is 4.90 Å². The van der Waals surface area contributed by atoms with Crippen molar-refractivity contribution < 1.29 is 36.5 Å². The number of carbonyl (C=O) groups is 3. The highest BCUT2D eigenvalue weighted by molar-refractivity contribution is 6.05. The van der Waals surface area contributed by atoms with E-state index in [1.165, 1.54) is 24.3 Å². The van der Waals surface area contributed by atoms with Gasteiger partial charge in [-0.25, -0.2) is 4.39 Å². The number of imide groups is 1. The average Bonchev–Trinajstić information content (AvgIpc) is 3.09.